The molecule has 5 heteroatoms. The van der Waals surface area contributed by atoms with Crippen LogP contribution < -0.4 is 9.64 Å². The molecule has 1 aliphatic heterocycles. The molecule has 2 aromatic carbocycles. The molecular weight excluding hydrogens is 372 g/mol. The summed E-state index contributed by atoms with van der Waals surface area (Å²) in [5, 5.41) is 10.6. The van der Waals surface area contributed by atoms with Crippen molar-refractivity contribution in [3.63, 3.8) is 0 Å². The normalized spacial score (nSPS) is 19.5. The molecule has 0 spiro atoms. The lowest BCUT2D eigenvalue weighted by molar-refractivity contribution is -0.217. The molecule has 1 heterocycles. The number of halogens is 2. The number of aliphatic hydroxyl groups is 1. The van der Waals surface area contributed by atoms with Gasteiger partial charge >= 0.3 is 5.92 Å². The standard InChI is InChI=1S/C24H29F2NO2/c1-3-5-17-23(27(18-4-2)20-13-9-10-14-21(20)29-23)24(25,26)22(28)16-15-19-11-7-6-8-12-19/h4,6-14,22,28H,2-3,5,15-18H2,1H3. The molecule has 0 aliphatic carbocycles. The molecule has 0 saturated carbocycles. The molecule has 0 aromatic heterocycles. The second-order valence-electron chi connectivity index (χ2n) is 7.52. The van der Waals surface area contributed by atoms with Crippen LogP contribution in [-0.4, -0.2) is 29.4 Å². The van der Waals surface area contributed by atoms with Crippen LogP contribution in [0, 0.1) is 0 Å². The van der Waals surface area contributed by atoms with Crippen LogP contribution in [-0.2, 0) is 6.42 Å². The van der Waals surface area contributed by atoms with Gasteiger partial charge in [0.1, 0.15) is 11.9 Å². The third kappa shape index (κ3) is 4.01. The van der Waals surface area contributed by atoms with E-state index in [0.717, 1.165) is 12.0 Å². The summed E-state index contributed by atoms with van der Waals surface area (Å²) < 4.78 is 37.7. The summed E-state index contributed by atoms with van der Waals surface area (Å²) in [4.78, 5) is 1.57. The van der Waals surface area contributed by atoms with Crippen LogP contribution in [0.15, 0.2) is 67.3 Å². The predicted molar refractivity (Wildman–Crippen MR) is 113 cm³/mol. The first-order valence-electron chi connectivity index (χ1n) is 10.2. The van der Waals surface area contributed by atoms with Crippen molar-refractivity contribution in [2.45, 2.75) is 56.8 Å². The van der Waals surface area contributed by atoms with Crippen LogP contribution in [0.2, 0.25) is 0 Å². The topological polar surface area (TPSA) is 32.7 Å². The minimum Gasteiger partial charge on any atom is -0.459 e. The Balaban J connectivity index is 1.92. The van der Waals surface area contributed by atoms with Crippen molar-refractivity contribution in [1.82, 2.24) is 0 Å². The predicted octanol–water partition coefficient (Wildman–Crippen LogP) is 5.59. The summed E-state index contributed by atoms with van der Waals surface area (Å²) in [6.07, 6.45) is 1.51. The van der Waals surface area contributed by atoms with Gasteiger partial charge in [-0.1, -0.05) is 61.9 Å². The zero-order valence-corrected chi connectivity index (χ0v) is 16.9. The van der Waals surface area contributed by atoms with Crippen molar-refractivity contribution in [3.8, 4) is 5.75 Å². The zero-order valence-electron chi connectivity index (χ0n) is 16.9. The number of benzene rings is 2. The Bertz CT molecular complexity index is 812. The molecule has 2 aromatic rings. The highest BCUT2D eigenvalue weighted by atomic mass is 19.3. The first-order chi connectivity index (χ1) is 14.0. The Kier molecular flexibility index (Phi) is 6.58. The van der Waals surface area contributed by atoms with Crippen LogP contribution in [0.4, 0.5) is 14.5 Å². The molecule has 0 saturated heterocycles. The summed E-state index contributed by atoms with van der Waals surface area (Å²) in [5.41, 5.74) is -0.404. The lowest BCUT2D eigenvalue weighted by Crippen LogP contribution is -2.66. The van der Waals surface area contributed by atoms with Crippen LogP contribution in [0.3, 0.4) is 0 Å². The molecule has 0 bridgehead atoms. The van der Waals surface area contributed by atoms with Crippen molar-refractivity contribution in [2.75, 3.05) is 11.4 Å². The third-order valence-corrected chi connectivity index (χ3v) is 5.54. The van der Waals surface area contributed by atoms with Crippen molar-refractivity contribution >= 4 is 5.69 Å². The summed E-state index contributed by atoms with van der Waals surface area (Å²) in [5.74, 6) is -3.06. The number of ether oxygens (including phenoxy) is 1. The van der Waals surface area contributed by atoms with Gasteiger partial charge in [-0.15, -0.1) is 6.58 Å². The van der Waals surface area contributed by atoms with E-state index in [1.54, 1.807) is 35.2 Å². The summed E-state index contributed by atoms with van der Waals surface area (Å²) >= 11 is 0. The Hall–Kier alpha value is -2.40. The average Bonchev–Trinajstić information content (AvgIpc) is 3.06. The lowest BCUT2D eigenvalue weighted by atomic mass is 9.89. The Labute approximate surface area is 171 Å². The van der Waals surface area contributed by atoms with Gasteiger partial charge in [-0.2, -0.15) is 8.78 Å². The Morgan fingerprint density at radius 2 is 1.86 bits per heavy atom. The lowest BCUT2D eigenvalue weighted by Gasteiger charge is -2.45. The average molecular weight is 401 g/mol. The molecule has 156 valence electrons. The maximum absolute atomic E-state index is 15.9. The molecule has 3 nitrogen and oxygen atoms in total. The van der Waals surface area contributed by atoms with E-state index in [2.05, 4.69) is 6.58 Å². The van der Waals surface area contributed by atoms with Crippen molar-refractivity contribution in [3.05, 3.63) is 72.8 Å². The van der Waals surface area contributed by atoms with Crippen LogP contribution in [0.25, 0.3) is 0 Å². The number of alkyl halides is 2. The van der Waals surface area contributed by atoms with E-state index in [9.17, 15) is 5.11 Å². The molecule has 2 atom stereocenters. The largest absolute Gasteiger partial charge is 0.459 e. The number of para-hydroxylation sites is 2. The molecule has 0 fully saturated rings. The highest BCUT2D eigenvalue weighted by molar-refractivity contribution is 5.65. The number of aliphatic hydroxyl groups excluding tert-OH is 1. The SMILES string of the molecule is C=CCN1c2ccccc2OC1(CCCC)C(F)(F)C(O)CCc1ccccc1. The first-order valence-corrected chi connectivity index (χ1v) is 10.2. The number of unbranched alkanes of at least 4 members (excludes halogenated alkanes) is 1. The van der Waals surface area contributed by atoms with Crippen LogP contribution in [0.1, 0.15) is 38.2 Å². The van der Waals surface area contributed by atoms with Crippen molar-refractivity contribution < 1.29 is 18.6 Å². The minimum atomic E-state index is -3.47. The van der Waals surface area contributed by atoms with E-state index in [-0.39, 0.29) is 19.4 Å². The van der Waals surface area contributed by atoms with Gasteiger partial charge in [-0.05, 0) is 37.0 Å². The Morgan fingerprint density at radius 1 is 1.17 bits per heavy atom. The Morgan fingerprint density at radius 3 is 2.55 bits per heavy atom. The van der Waals surface area contributed by atoms with Crippen LogP contribution >= 0.6 is 0 Å². The van der Waals surface area contributed by atoms with Crippen molar-refractivity contribution in [2.24, 2.45) is 0 Å². The number of hydrogen-bond donors (Lipinski definition) is 1. The number of anilines is 1. The number of rotatable bonds is 10. The molecule has 29 heavy (non-hydrogen) atoms. The van der Waals surface area contributed by atoms with E-state index in [0.29, 0.717) is 24.3 Å². The molecule has 0 radical (unpaired) electrons. The van der Waals surface area contributed by atoms with Gasteiger partial charge in [-0.3, -0.25) is 0 Å². The van der Waals surface area contributed by atoms with Gasteiger partial charge in [0, 0.05) is 13.0 Å². The molecule has 3 rings (SSSR count). The van der Waals surface area contributed by atoms with Gasteiger partial charge in [0.2, 0.25) is 5.72 Å². The van der Waals surface area contributed by atoms with Gasteiger partial charge < -0.3 is 14.7 Å². The number of fused-ring (bicyclic) bond motifs is 1. The fourth-order valence-electron chi connectivity index (χ4n) is 3.98. The van der Waals surface area contributed by atoms with Gasteiger partial charge in [0.15, 0.2) is 0 Å². The molecule has 0 amide bonds. The maximum Gasteiger partial charge on any atom is 0.330 e. The van der Waals surface area contributed by atoms with Gasteiger partial charge in [-0.25, -0.2) is 0 Å². The van der Waals surface area contributed by atoms with E-state index >= 15 is 8.78 Å². The second-order valence-corrected chi connectivity index (χ2v) is 7.52. The molecular formula is C24H29F2NO2. The highest BCUT2D eigenvalue weighted by Gasteiger charge is 2.65. The third-order valence-electron chi connectivity index (χ3n) is 5.54. The molecule has 1 N–H and O–H groups in total. The summed E-state index contributed by atoms with van der Waals surface area (Å²) in [6.45, 7) is 5.91. The van der Waals surface area contributed by atoms with E-state index < -0.39 is 17.8 Å². The van der Waals surface area contributed by atoms with Gasteiger partial charge in [0.05, 0.1) is 5.69 Å². The first kappa shape index (κ1) is 21.3. The highest BCUT2D eigenvalue weighted by Crippen LogP contribution is 2.52. The van der Waals surface area contributed by atoms with Crippen molar-refractivity contribution in [1.29, 1.82) is 0 Å². The zero-order chi connectivity index (χ0) is 20.9. The van der Waals surface area contributed by atoms with Gasteiger partial charge in [0.25, 0.3) is 0 Å². The summed E-state index contributed by atoms with van der Waals surface area (Å²) in [6, 6.07) is 16.4. The molecule has 1 aliphatic rings. The second kappa shape index (κ2) is 8.95. The van der Waals surface area contributed by atoms with E-state index in [4.69, 9.17) is 4.74 Å². The van der Waals surface area contributed by atoms with E-state index in [1.807, 2.05) is 37.3 Å². The number of hydrogen-bond acceptors (Lipinski definition) is 3. The molecule has 2 unspecified atom stereocenters. The quantitative estimate of drug-likeness (QED) is 0.527. The monoisotopic (exact) mass is 401 g/mol. The number of nitrogens with zero attached hydrogens (tertiary/aromatic N) is 1. The van der Waals surface area contributed by atoms with E-state index in [1.165, 1.54) is 0 Å². The fraction of sp³-hybridized carbons (Fsp3) is 0.417. The number of aryl methyl sites for hydroxylation is 1. The minimum absolute atomic E-state index is 0.0491. The smallest absolute Gasteiger partial charge is 0.330 e. The maximum atomic E-state index is 15.9. The summed E-state index contributed by atoms with van der Waals surface area (Å²) in [7, 11) is 0. The fourth-order valence-corrected chi connectivity index (χ4v) is 3.98. The van der Waals surface area contributed by atoms with Crippen LogP contribution in [0.5, 0.6) is 5.75 Å².